The van der Waals surface area contributed by atoms with Crippen LogP contribution >= 0.6 is 0 Å². The molecule has 1 fully saturated rings. The molecule has 3 aliphatic heterocycles. The molecule has 0 saturated carbocycles. The largest absolute Gasteiger partial charge is 0.325 e. The molecule has 10 heteroatoms. The number of pyridine rings is 2. The van der Waals surface area contributed by atoms with Crippen LogP contribution < -0.4 is 5.32 Å². The molecule has 3 aromatic rings. The first-order chi connectivity index (χ1) is 17.9. The van der Waals surface area contributed by atoms with E-state index >= 15 is 0 Å². The Kier molecular flexibility index (Phi) is 5.89. The Morgan fingerprint density at radius 1 is 0.973 bits per heavy atom. The predicted octanol–water partition coefficient (Wildman–Crippen LogP) is 3.63. The van der Waals surface area contributed by atoms with Gasteiger partial charge in [-0.15, -0.1) is 10.2 Å². The zero-order valence-electron chi connectivity index (χ0n) is 21.4. The predicted molar refractivity (Wildman–Crippen MR) is 138 cm³/mol. The summed E-state index contributed by atoms with van der Waals surface area (Å²) in [6.07, 6.45) is 7.72. The molecule has 192 valence electrons. The summed E-state index contributed by atoms with van der Waals surface area (Å²) in [5.74, 6) is 1.76. The van der Waals surface area contributed by atoms with Crippen molar-refractivity contribution in [1.82, 2.24) is 34.5 Å². The van der Waals surface area contributed by atoms with Crippen LogP contribution in [-0.2, 0) is 24.9 Å². The van der Waals surface area contributed by atoms with E-state index in [4.69, 9.17) is 0 Å². The van der Waals surface area contributed by atoms with Gasteiger partial charge in [-0.25, -0.2) is 9.78 Å². The first-order valence-electron chi connectivity index (χ1n) is 13.1. The summed E-state index contributed by atoms with van der Waals surface area (Å²) >= 11 is 0. The number of carbonyl (C=O) groups is 2. The second kappa shape index (κ2) is 9.24. The average Bonchev–Trinajstić information content (AvgIpc) is 3.49. The maximum Gasteiger partial charge on any atom is 0.320 e. The molecule has 3 amide bonds. The van der Waals surface area contributed by atoms with Gasteiger partial charge in [0.2, 0.25) is 0 Å². The van der Waals surface area contributed by atoms with E-state index in [0.29, 0.717) is 36.1 Å². The third-order valence-corrected chi connectivity index (χ3v) is 7.74. The number of anilines is 1. The SMILES string of the molecule is CC1(C)CCc2nnc(-c3cccc(NC(=O)c4cc5c(cn4)CCN(C(=O)N4CCCCC4)C5)n3)n21. The van der Waals surface area contributed by atoms with Gasteiger partial charge in [0, 0.05) is 44.3 Å². The molecular weight excluding hydrogens is 468 g/mol. The molecule has 1 N–H and O–H groups in total. The number of piperidine rings is 1. The highest BCUT2D eigenvalue weighted by atomic mass is 16.2. The highest BCUT2D eigenvalue weighted by Crippen LogP contribution is 2.35. The molecule has 0 aromatic carbocycles. The lowest BCUT2D eigenvalue weighted by Crippen LogP contribution is -2.47. The van der Waals surface area contributed by atoms with Crippen LogP contribution in [-0.4, -0.2) is 66.1 Å². The fraction of sp³-hybridized carbons (Fsp3) is 0.481. The number of hydrogen-bond donors (Lipinski definition) is 1. The number of likely N-dealkylation sites (tertiary alicyclic amines) is 1. The molecule has 6 rings (SSSR count). The van der Waals surface area contributed by atoms with Crippen LogP contribution in [0.2, 0.25) is 0 Å². The zero-order chi connectivity index (χ0) is 25.6. The van der Waals surface area contributed by atoms with Crippen LogP contribution in [0.4, 0.5) is 10.6 Å². The minimum Gasteiger partial charge on any atom is -0.325 e. The van der Waals surface area contributed by atoms with Crippen molar-refractivity contribution in [2.24, 2.45) is 0 Å². The first-order valence-corrected chi connectivity index (χ1v) is 13.1. The summed E-state index contributed by atoms with van der Waals surface area (Å²) in [5, 5.41) is 11.6. The number of aromatic nitrogens is 5. The molecule has 10 nitrogen and oxygen atoms in total. The Morgan fingerprint density at radius 3 is 2.65 bits per heavy atom. The monoisotopic (exact) mass is 500 g/mol. The fourth-order valence-corrected chi connectivity index (χ4v) is 5.63. The topological polar surface area (TPSA) is 109 Å². The van der Waals surface area contributed by atoms with Crippen molar-refractivity contribution in [2.75, 3.05) is 25.0 Å². The average molecular weight is 501 g/mol. The molecule has 0 unspecified atom stereocenters. The number of aryl methyl sites for hydroxylation is 1. The Balaban J connectivity index is 1.18. The van der Waals surface area contributed by atoms with E-state index < -0.39 is 0 Å². The quantitative estimate of drug-likeness (QED) is 0.588. The lowest BCUT2D eigenvalue weighted by molar-refractivity contribution is 0.102. The van der Waals surface area contributed by atoms with Gasteiger partial charge in [-0.2, -0.15) is 0 Å². The van der Waals surface area contributed by atoms with Crippen molar-refractivity contribution in [3.05, 3.63) is 53.1 Å². The van der Waals surface area contributed by atoms with Crippen LogP contribution in [0, 0.1) is 0 Å². The molecule has 0 spiro atoms. The van der Waals surface area contributed by atoms with Gasteiger partial charge in [-0.05, 0) is 75.3 Å². The zero-order valence-corrected chi connectivity index (χ0v) is 21.4. The first kappa shape index (κ1) is 23.6. The summed E-state index contributed by atoms with van der Waals surface area (Å²) in [6.45, 7) is 7.17. The van der Waals surface area contributed by atoms with Crippen molar-refractivity contribution < 1.29 is 9.59 Å². The van der Waals surface area contributed by atoms with Gasteiger partial charge >= 0.3 is 6.03 Å². The van der Waals surface area contributed by atoms with Crippen LogP contribution in [0.5, 0.6) is 0 Å². The van der Waals surface area contributed by atoms with Crippen LogP contribution in [0.3, 0.4) is 0 Å². The van der Waals surface area contributed by atoms with E-state index in [2.05, 4.69) is 43.9 Å². The number of amides is 3. The number of nitrogens with zero attached hydrogens (tertiary/aromatic N) is 7. The minimum atomic E-state index is -0.335. The number of fused-ring (bicyclic) bond motifs is 2. The van der Waals surface area contributed by atoms with E-state index in [0.717, 1.165) is 62.1 Å². The van der Waals surface area contributed by atoms with E-state index in [1.54, 1.807) is 18.3 Å². The Morgan fingerprint density at radius 2 is 1.81 bits per heavy atom. The van der Waals surface area contributed by atoms with Crippen LogP contribution in [0.25, 0.3) is 11.5 Å². The standard InChI is InChI=1S/C27H32N8O2/c1-27(2)11-9-23-31-32-24(35(23)27)20-7-6-8-22(29-20)30-25(36)21-15-19-17-34(14-10-18(19)16-28-21)26(37)33-12-4-3-5-13-33/h6-8,15-16H,3-5,9-14,17H2,1-2H3,(H,29,30,36). The van der Waals surface area contributed by atoms with Gasteiger partial charge in [-0.3, -0.25) is 9.78 Å². The van der Waals surface area contributed by atoms with Crippen molar-refractivity contribution >= 4 is 17.8 Å². The third-order valence-electron chi connectivity index (χ3n) is 7.74. The lowest BCUT2D eigenvalue weighted by Gasteiger charge is -2.35. The molecule has 3 aliphatic rings. The van der Waals surface area contributed by atoms with Gasteiger partial charge in [0.15, 0.2) is 5.82 Å². The Labute approximate surface area is 216 Å². The summed E-state index contributed by atoms with van der Waals surface area (Å²) < 4.78 is 2.14. The number of nitrogens with one attached hydrogen (secondary N) is 1. The van der Waals surface area contributed by atoms with Crippen molar-refractivity contribution in [2.45, 2.75) is 64.5 Å². The van der Waals surface area contributed by atoms with Gasteiger partial charge in [0.25, 0.3) is 5.91 Å². The molecule has 6 heterocycles. The summed E-state index contributed by atoms with van der Waals surface area (Å²) in [5.41, 5.74) is 2.95. The second-order valence-electron chi connectivity index (χ2n) is 10.8. The van der Waals surface area contributed by atoms with Crippen molar-refractivity contribution in [3.8, 4) is 11.5 Å². The Hall–Kier alpha value is -3.82. The van der Waals surface area contributed by atoms with E-state index in [1.807, 2.05) is 21.9 Å². The maximum absolute atomic E-state index is 13.1. The smallest absolute Gasteiger partial charge is 0.320 e. The van der Waals surface area contributed by atoms with Gasteiger partial charge < -0.3 is 19.7 Å². The maximum atomic E-state index is 13.1. The van der Waals surface area contributed by atoms with E-state index in [-0.39, 0.29) is 17.5 Å². The highest BCUT2D eigenvalue weighted by molar-refractivity contribution is 6.02. The van der Waals surface area contributed by atoms with Crippen molar-refractivity contribution in [3.63, 3.8) is 0 Å². The molecule has 0 bridgehead atoms. The number of urea groups is 1. The molecular formula is C27H32N8O2. The summed E-state index contributed by atoms with van der Waals surface area (Å²) in [7, 11) is 0. The molecule has 3 aromatic heterocycles. The molecule has 1 saturated heterocycles. The van der Waals surface area contributed by atoms with Gasteiger partial charge in [0.05, 0.1) is 0 Å². The van der Waals surface area contributed by atoms with Crippen LogP contribution in [0.1, 0.15) is 67.0 Å². The van der Waals surface area contributed by atoms with Crippen molar-refractivity contribution in [1.29, 1.82) is 0 Å². The molecule has 0 aliphatic carbocycles. The molecule has 0 atom stereocenters. The minimum absolute atomic E-state index is 0.0780. The third kappa shape index (κ3) is 4.45. The number of hydrogen-bond acceptors (Lipinski definition) is 6. The summed E-state index contributed by atoms with van der Waals surface area (Å²) in [4.78, 5) is 39.0. The van der Waals surface area contributed by atoms with E-state index in [1.165, 1.54) is 6.42 Å². The van der Waals surface area contributed by atoms with Crippen LogP contribution in [0.15, 0.2) is 30.5 Å². The molecule has 37 heavy (non-hydrogen) atoms. The number of carbonyl (C=O) groups excluding carboxylic acids is 2. The summed E-state index contributed by atoms with van der Waals surface area (Å²) in [6, 6.07) is 7.39. The fourth-order valence-electron chi connectivity index (χ4n) is 5.63. The second-order valence-corrected chi connectivity index (χ2v) is 10.8. The highest BCUT2D eigenvalue weighted by Gasteiger charge is 2.34. The number of rotatable bonds is 3. The lowest BCUT2D eigenvalue weighted by atomic mass is 10.0. The molecule has 0 radical (unpaired) electrons. The van der Waals surface area contributed by atoms with Gasteiger partial charge in [-0.1, -0.05) is 6.07 Å². The van der Waals surface area contributed by atoms with Gasteiger partial charge in [0.1, 0.15) is 23.0 Å². The van der Waals surface area contributed by atoms with E-state index in [9.17, 15) is 9.59 Å². The Bertz CT molecular complexity index is 1360. The normalized spacial score (nSPS) is 18.3.